The van der Waals surface area contributed by atoms with Crippen LogP contribution in [0.15, 0.2) is 0 Å². The minimum absolute atomic E-state index is 0. The van der Waals surface area contributed by atoms with Gasteiger partial charge in [0, 0.05) is 5.92 Å². The molecule has 0 aromatic heterocycles. The van der Waals surface area contributed by atoms with Crippen LogP contribution in [0.2, 0.25) is 0 Å². The highest BCUT2D eigenvalue weighted by Gasteiger charge is 2.11. The van der Waals surface area contributed by atoms with E-state index in [4.69, 9.17) is 5.11 Å². The topological polar surface area (TPSA) is 66.4 Å². The van der Waals surface area contributed by atoms with Crippen molar-refractivity contribution in [3.63, 3.8) is 0 Å². The Balaban J connectivity index is -0.000000347. The zero-order valence-electron chi connectivity index (χ0n) is 14.6. The average molecular weight is 325 g/mol. The highest BCUT2D eigenvalue weighted by molar-refractivity contribution is 5.78. The number of nitrogens with zero attached hydrogens (tertiary/aromatic N) is 1. The molecular weight excluding hydrogens is 292 g/mol. The molecule has 0 bridgehead atoms. The molecule has 0 spiro atoms. The second-order valence-corrected chi connectivity index (χ2v) is 6.26. The van der Waals surface area contributed by atoms with E-state index in [0.717, 1.165) is 30.4 Å². The van der Waals surface area contributed by atoms with Crippen LogP contribution in [0.3, 0.4) is 0 Å². The van der Waals surface area contributed by atoms with Gasteiger partial charge in [0.1, 0.15) is 0 Å². The monoisotopic (exact) mass is 324 g/mol. The van der Waals surface area contributed by atoms with E-state index in [1.807, 2.05) is 20.8 Å². The molecule has 0 aromatic carbocycles. The Morgan fingerprint density at radius 3 is 1.71 bits per heavy atom. The van der Waals surface area contributed by atoms with Crippen molar-refractivity contribution in [2.75, 3.05) is 34.2 Å². The van der Waals surface area contributed by atoms with Gasteiger partial charge in [0.05, 0.1) is 40.2 Å². The van der Waals surface area contributed by atoms with Gasteiger partial charge in [-0.15, -0.1) is 0 Å². The second-order valence-electron chi connectivity index (χ2n) is 6.26. The van der Waals surface area contributed by atoms with Crippen LogP contribution < -0.4 is 17.7 Å². The summed E-state index contributed by atoms with van der Waals surface area (Å²) in [4.78, 5) is 21.3. The normalized spacial score (nSPS) is 13.1. The predicted octanol–water partition coefficient (Wildman–Crippen LogP) is -1.02. The number of carboxylic acids is 1. The van der Waals surface area contributed by atoms with Crippen LogP contribution in [0.25, 0.3) is 0 Å². The predicted molar refractivity (Wildman–Crippen MR) is 82.5 cm³/mol. The van der Waals surface area contributed by atoms with E-state index in [1.165, 1.54) is 0 Å². The summed E-state index contributed by atoms with van der Waals surface area (Å²) >= 11 is 0. The Kier molecular flexibility index (Phi) is 15.5. The van der Waals surface area contributed by atoms with Crippen LogP contribution in [0.5, 0.6) is 0 Å². The lowest BCUT2D eigenvalue weighted by molar-refractivity contribution is -0.869. The van der Waals surface area contributed by atoms with Crippen LogP contribution >= 0.6 is 0 Å². The molecule has 0 aromatic rings. The van der Waals surface area contributed by atoms with Crippen LogP contribution in [0, 0.1) is 11.8 Å². The molecule has 0 aliphatic heterocycles. The lowest BCUT2D eigenvalue weighted by Crippen LogP contribution is -3.00. The SMILES string of the molecule is CCC(C)C(=O)NCC[N+](C)(C)C.CCC(C)C(=O)O.[Cl-]. The Morgan fingerprint density at radius 1 is 1.05 bits per heavy atom. The first-order valence-electron chi connectivity index (χ1n) is 7.36. The summed E-state index contributed by atoms with van der Waals surface area (Å²) in [6, 6.07) is 0. The number of likely N-dealkylation sites (N-methyl/N-ethyl adjacent to an activating group) is 1. The number of nitrogens with one attached hydrogen (secondary N) is 1. The maximum Gasteiger partial charge on any atom is 0.306 e. The fraction of sp³-hybridized carbons (Fsp3) is 0.867. The van der Waals surface area contributed by atoms with Gasteiger partial charge in [-0.1, -0.05) is 27.7 Å². The summed E-state index contributed by atoms with van der Waals surface area (Å²) in [5.41, 5.74) is 0. The molecular formula is C15H33ClN2O3. The maximum atomic E-state index is 11.3. The third-order valence-electron chi connectivity index (χ3n) is 3.18. The lowest BCUT2D eigenvalue weighted by Gasteiger charge is -2.24. The Bertz CT molecular complexity index is 291. The molecule has 0 saturated heterocycles. The molecule has 2 atom stereocenters. The molecule has 0 rings (SSSR count). The molecule has 2 N–H and O–H groups in total. The fourth-order valence-corrected chi connectivity index (χ4v) is 1.05. The molecule has 0 heterocycles. The van der Waals surface area contributed by atoms with Gasteiger partial charge in [0.2, 0.25) is 5.91 Å². The standard InChI is InChI=1S/C10H22N2O.C5H10O2.ClH/c1-6-9(2)10(13)11-7-8-12(3,4)5;1-3-4(2)5(6)7;/h9H,6-8H2,1-5H3;4H,3H2,1-2H3,(H,6,7);1H. The molecule has 0 aliphatic rings. The van der Waals surface area contributed by atoms with Crippen LogP contribution in [0.4, 0.5) is 0 Å². The van der Waals surface area contributed by atoms with Crippen molar-refractivity contribution < 1.29 is 31.6 Å². The van der Waals surface area contributed by atoms with E-state index in [0.29, 0.717) is 0 Å². The lowest BCUT2D eigenvalue weighted by atomic mass is 10.1. The van der Waals surface area contributed by atoms with Crippen molar-refractivity contribution >= 4 is 11.9 Å². The number of hydrogen-bond donors (Lipinski definition) is 2. The number of amides is 1. The number of rotatable bonds is 7. The Hall–Kier alpha value is -0.810. The number of carbonyl (C=O) groups is 2. The summed E-state index contributed by atoms with van der Waals surface area (Å²) in [6.07, 6.45) is 1.63. The zero-order chi connectivity index (χ0) is 16.3. The molecule has 0 aliphatic carbocycles. The molecule has 21 heavy (non-hydrogen) atoms. The Morgan fingerprint density at radius 2 is 1.48 bits per heavy atom. The van der Waals surface area contributed by atoms with E-state index < -0.39 is 5.97 Å². The molecule has 2 unspecified atom stereocenters. The van der Waals surface area contributed by atoms with E-state index >= 15 is 0 Å². The summed E-state index contributed by atoms with van der Waals surface area (Å²) in [7, 11) is 6.36. The number of carbonyl (C=O) groups excluding carboxylic acids is 1. The molecule has 128 valence electrons. The number of quaternary nitrogens is 1. The van der Waals surface area contributed by atoms with E-state index in [-0.39, 0.29) is 30.2 Å². The second kappa shape index (κ2) is 12.9. The van der Waals surface area contributed by atoms with Gasteiger partial charge in [-0.2, -0.15) is 0 Å². The smallest absolute Gasteiger partial charge is 0.306 e. The molecule has 1 amide bonds. The van der Waals surface area contributed by atoms with Gasteiger partial charge in [-0.3, -0.25) is 9.59 Å². The highest BCUT2D eigenvalue weighted by atomic mass is 35.5. The number of halogens is 1. The third kappa shape index (κ3) is 17.1. The molecule has 0 fully saturated rings. The first-order valence-corrected chi connectivity index (χ1v) is 7.36. The first-order chi connectivity index (χ1) is 9.05. The van der Waals surface area contributed by atoms with Gasteiger partial charge in [0.25, 0.3) is 0 Å². The minimum atomic E-state index is -0.706. The molecule has 0 radical (unpaired) electrons. The molecule has 5 nitrogen and oxygen atoms in total. The van der Waals surface area contributed by atoms with Crippen molar-refractivity contribution in [1.29, 1.82) is 0 Å². The number of hydrogen-bond acceptors (Lipinski definition) is 2. The Labute approximate surface area is 136 Å². The average Bonchev–Trinajstić information content (AvgIpc) is 2.35. The van der Waals surface area contributed by atoms with Gasteiger partial charge in [-0.05, 0) is 12.8 Å². The van der Waals surface area contributed by atoms with Crippen molar-refractivity contribution in [2.45, 2.75) is 40.5 Å². The summed E-state index contributed by atoms with van der Waals surface area (Å²) in [5.74, 6) is -0.564. The summed E-state index contributed by atoms with van der Waals surface area (Å²) in [5, 5.41) is 11.1. The van der Waals surface area contributed by atoms with Crippen LogP contribution in [-0.2, 0) is 9.59 Å². The van der Waals surface area contributed by atoms with E-state index in [9.17, 15) is 9.59 Å². The largest absolute Gasteiger partial charge is 1.00 e. The number of carboxylic acid groups (broad SMARTS) is 1. The van der Waals surface area contributed by atoms with Crippen molar-refractivity contribution in [3.05, 3.63) is 0 Å². The van der Waals surface area contributed by atoms with Crippen molar-refractivity contribution in [2.24, 2.45) is 11.8 Å². The van der Waals surface area contributed by atoms with E-state index in [1.54, 1.807) is 6.92 Å². The number of aliphatic carboxylic acids is 1. The van der Waals surface area contributed by atoms with Crippen LogP contribution in [0.1, 0.15) is 40.5 Å². The fourth-order valence-electron chi connectivity index (χ4n) is 1.05. The van der Waals surface area contributed by atoms with E-state index in [2.05, 4.69) is 26.5 Å². The van der Waals surface area contributed by atoms with Crippen LogP contribution in [-0.4, -0.2) is 55.7 Å². The highest BCUT2D eigenvalue weighted by Crippen LogP contribution is 1.99. The third-order valence-corrected chi connectivity index (χ3v) is 3.18. The zero-order valence-corrected chi connectivity index (χ0v) is 15.3. The van der Waals surface area contributed by atoms with Gasteiger partial charge >= 0.3 is 5.97 Å². The van der Waals surface area contributed by atoms with Crippen molar-refractivity contribution in [1.82, 2.24) is 5.32 Å². The minimum Gasteiger partial charge on any atom is -1.00 e. The van der Waals surface area contributed by atoms with Gasteiger partial charge < -0.3 is 27.3 Å². The first kappa shape index (κ1) is 25.2. The van der Waals surface area contributed by atoms with Gasteiger partial charge in [0.15, 0.2) is 0 Å². The van der Waals surface area contributed by atoms with Crippen molar-refractivity contribution in [3.8, 4) is 0 Å². The summed E-state index contributed by atoms with van der Waals surface area (Å²) in [6.45, 7) is 9.29. The quantitative estimate of drug-likeness (QED) is 0.589. The molecule has 6 heteroatoms. The molecule has 0 saturated carbocycles. The maximum absolute atomic E-state index is 11.3. The summed E-state index contributed by atoms with van der Waals surface area (Å²) < 4.78 is 0.890. The van der Waals surface area contributed by atoms with Gasteiger partial charge in [-0.25, -0.2) is 0 Å².